The molecule has 1 aliphatic rings. The lowest BCUT2D eigenvalue weighted by Gasteiger charge is -2.30. The molecule has 114 valence electrons. The number of halogens is 3. The Bertz CT molecular complexity index is 647. The summed E-state index contributed by atoms with van der Waals surface area (Å²) in [4.78, 5) is -0.224. The van der Waals surface area contributed by atoms with Crippen LogP contribution < -0.4 is 0 Å². The van der Waals surface area contributed by atoms with Crippen molar-refractivity contribution in [3.8, 4) is 6.07 Å². The molecule has 0 aromatic heterocycles. The molecule has 4 nitrogen and oxygen atoms in total. The summed E-state index contributed by atoms with van der Waals surface area (Å²) in [5, 5.41) is 9.02. The lowest BCUT2D eigenvalue weighted by Crippen LogP contribution is -2.42. The maximum absolute atomic E-state index is 12.5. The van der Waals surface area contributed by atoms with Crippen LogP contribution in [0.4, 0.5) is 13.2 Å². The highest BCUT2D eigenvalue weighted by atomic mass is 32.2. The van der Waals surface area contributed by atoms with E-state index in [2.05, 4.69) is 0 Å². The van der Waals surface area contributed by atoms with Crippen molar-refractivity contribution >= 4 is 10.0 Å². The fraction of sp³-hybridized carbons (Fsp3) is 0.462. The number of alkyl halides is 3. The fourth-order valence-electron chi connectivity index (χ4n) is 2.27. The molecule has 0 N–H and O–H groups in total. The Morgan fingerprint density at radius 2 is 1.81 bits per heavy atom. The van der Waals surface area contributed by atoms with E-state index in [4.69, 9.17) is 5.26 Å². The molecule has 0 radical (unpaired) electrons. The first-order chi connectivity index (χ1) is 9.76. The molecule has 1 unspecified atom stereocenters. The van der Waals surface area contributed by atoms with Crippen LogP contribution in [0.1, 0.15) is 24.8 Å². The van der Waals surface area contributed by atoms with Crippen molar-refractivity contribution in [2.45, 2.75) is 36.4 Å². The van der Waals surface area contributed by atoms with Gasteiger partial charge in [-0.25, -0.2) is 8.42 Å². The van der Waals surface area contributed by atoms with Gasteiger partial charge >= 0.3 is 6.18 Å². The van der Waals surface area contributed by atoms with E-state index >= 15 is 0 Å². The second-order valence-corrected chi connectivity index (χ2v) is 6.67. The van der Waals surface area contributed by atoms with Gasteiger partial charge in [0.05, 0.1) is 16.5 Å². The second-order valence-electron chi connectivity index (χ2n) is 4.78. The molecule has 1 aliphatic heterocycles. The molecule has 1 aromatic rings. The van der Waals surface area contributed by atoms with Gasteiger partial charge in [0.15, 0.2) is 0 Å². The highest BCUT2D eigenvalue weighted by Crippen LogP contribution is 2.31. The number of sulfonamides is 1. The first-order valence-electron chi connectivity index (χ1n) is 6.35. The number of nitrogens with zero attached hydrogens (tertiary/aromatic N) is 2. The Morgan fingerprint density at radius 3 is 2.33 bits per heavy atom. The summed E-state index contributed by atoms with van der Waals surface area (Å²) in [6.07, 6.45) is -2.67. The van der Waals surface area contributed by atoms with E-state index in [0.29, 0.717) is 12.8 Å². The van der Waals surface area contributed by atoms with Crippen LogP contribution in [0.2, 0.25) is 0 Å². The lowest BCUT2D eigenvalue weighted by molar-refractivity contribution is -0.137. The van der Waals surface area contributed by atoms with Crippen LogP contribution in [0.3, 0.4) is 0 Å². The van der Waals surface area contributed by atoms with E-state index < -0.39 is 27.8 Å². The van der Waals surface area contributed by atoms with E-state index in [9.17, 15) is 21.6 Å². The summed E-state index contributed by atoms with van der Waals surface area (Å²) in [6.45, 7) is 0.210. The summed E-state index contributed by atoms with van der Waals surface area (Å²) >= 11 is 0. The smallest absolute Gasteiger partial charge is 0.207 e. The third-order valence-electron chi connectivity index (χ3n) is 3.39. The zero-order valence-corrected chi connectivity index (χ0v) is 11.8. The number of rotatable bonds is 2. The van der Waals surface area contributed by atoms with Crippen LogP contribution in [0.5, 0.6) is 0 Å². The fourth-order valence-corrected chi connectivity index (χ4v) is 3.88. The van der Waals surface area contributed by atoms with Crippen LogP contribution >= 0.6 is 0 Å². The van der Waals surface area contributed by atoms with E-state index in [1.54, 1.807) is 0 Å². The normalized spacial score (nSPS) is 21.0. The Hall–Kier alpha value is -1.59. The van der Waals surface area contributed by atoms with Gasteiger partial charge in [-0.05, 0) is 43.5 Å². The van der Waals surface area contributed by atoms with Crippen molar-refractivity contribution < 1.29 is 21.6 Å². The number of nitriles is 1. The minimum atomic E-state index is -4.51. The summed E-state index contributed by atoms with van der Waals surface area (Å²) in [6, 6.07) is 4.51. The predicted octanol–water partition coefficient (Wildman–Crippen LogP) is 2.77. The van der Waals surface area contributed by atoms with Crippen molar-refractivity contribution in [2.75, 3.05) is 6.54 Å². The third-order valence-corrected chi connectivity index (χ3v) is 5.31. The van der Waals surface area contributed by atoms with Crippen molar-refractivity contribution in [3.63, 3.8) is 0 Å². The monoisotopic (exact) mass is 318 g/mol. The SMILES string of the molecule is N#CC1CCCCN1S(=O)(=O)c1ccc(C(F)(F)F)cc1. The molecule has 1 heterocycles. The standard InChI is InChI=1S/C13H13F3N2O2S/c14-13(15,16)10-4-6-12(7-5-10)21(19,20)18-8-2-1-3-11(18)9-17/h4-7,11H,1-3,8H2. The molecule has 0 amide bonds. The maximum Gasteiger partial charge on any atom is 0.416 e. The predicted molar refractivity (Wildman–Crippen MR) is 68.6 cm³/mol. The average Bonchev–Trinajstić information content (AvgIpc) is 2.46. The molecule has 0 bridgehead atoms. The van der Waals surface area contributed by atoms with Crippen LogP contribution in [0.25, 0.3) is 0 Å². The van der Waals surface area contributed by atoms with Crippen LogP contribution in [-0.2, 0) is 16.2 Å². The number of hydrogen-bond acceptors (Lipinski definition) is 3. The molecular formula is C13H13F3N2O2S. The number of benzene rings is 1. The Balaban J connectivity index is 2.33. The topological polar surface area (TPSA) is 61.2 Å². The van der Waals surface area contributed by atoms with Gasteiger partial charge in [0, 0.05) is 6.54 Å². The van der Waals surface area contributed by atoms with Crippen LogP contribution in [0, 0.1) is 11.3 Å². The molecule has 21 heavy (non-hydrogen) atoms. The molecule has 0 saturated carbocycles. The summed E-state index contributed by atoms with van der Waals surface area (Å²) in [7, 11) is -3.94. The Kier molecular flexibility index (Phi) is 4.25. The molecule has 0 aliphatic carbocycles. The Labute approximate surface area is 120 Å². The molecular weight excluding hydrogens is 305 g/mol. The molecule has 0 spiro atoms. The van der Waals surface area contributed by atoms with Crippen LogP contribution in [-0.4, -0.2) is 25.3 Å². The van der Waals surface area contributed by atoms with E-state index in [1.165, 1.54) is 0 Å². The van der Waals surface area contributed by atoms with Crippen molar-refractivity contribution in [1.82, 2.24) is 4.31 Å². The zero-order valence-electron chi connectivity index (χ0n) is 11.0. The quantitative estimate of drug-likeness (QED) is 0.842. The number of piperidine rings is 1. The minimum Gasteiger partial charge on any atom is -0.207 e. The number of hydrogen-bond donors (Lipinski definition) is 0. The molecule has 8 heteroatoms. The zero-order chi connectivity index (χ0) is 15.7. The maximum atomic E-state index is 12.5. The van der Waals surface area contributed by atoms with E-state index in [0.717, 1.165) is 35.0 Å². The first-order valence-corrected chi connectivity index (χ1v) is 7.79. The van der Waals surface area contributed by atoms with E-state index in [1.807, 2.05) is 6.07 Å². The van der Waals surface area contributed by atoms with E-state index in [-0.39, 0.29) is 11.4 Å². The molecule has 1 fully saturated rings. The molecule has 2 rings (SSSR count). The lowest BCUT2D eigenvalue weighted by atomic mass is 10.1. The largest absolute Gasteiger partial charge is 0.416 e. The van der Waals surface area contributed by atoms with Gasteiger partial charge in [-0.15, -0.1) is 0 Å². The van der Waals surface area contributed by atoms with Gasteiger partial charge < -0.3 is 0 Å². The highest BCUT2D eigenvalue weighted by molar-refractivity contribution is 7.89. The average molecular weight is 318 g/mol. The first kappa shape index (κ1) is 15.8. The summed E-state index contributed by atoms with van der Waals surface area (Å²) in [5.41, 5.74) is -0.906. The van der Waals surface area contributed by atoms with Gasteiger partial charge in [-0.1, -0.05) is 0 Å². The summed E-state index contributed by atoms with van der Waals surface area (Å²) in [5.74, 6) is 0. The Morgan fingerprint density at radius 1 is 1.19 bits per heavy atom. The molecule has 1 atom stereocenters. The minimum absolute atomic E-state index is 0.210. The van der Waals surface area contributed by atoms with Crippen molar-refractivity contribution in [3.05, 3.63) is 29.8 Å². The van der Waals surface area contributed by atoms with Crippen LogP contribution in [0.15, 0.2) is 29.2 Å². The van der Waals surface area contributed by atoms with Gasteiger partial charge in [0.2, 0.25) is 10.0 Å². The molecule has 1 aromatic carbocycles. The van der Waals surface area contributed by atoms with Gasteiger partial charge in [-0.2, -0.15) is 22.7 Å². The van der Waals surface area contributed by atoms with Gasteiger partial charge in [-0.3, -0.25) is 0 Å². The second kappa shape index (κ2) is 5.66. The summed E-state index contributed by atoms with van der Waals surface area (Å²) < 4.78 is 63.3. The third kappa shape index (κ3) is 3.19. The van der Waals surface area contributed by atoms with Crippen molar-refractivity contribution in [1.29, 1.82) is 5.26 Å². The molecule has 1 saturated heterocycles. The van der Waals surface area contributed by atoms with Crippen molar-refractivity contribution in [2.24, 2.45) is 0 Å². The van der Waals surface area contributed by atoms with Gasteiger partial charge in [0.1, 0.15) is 6.04 Å². The van der Waals surface area contributed by atoms with Gasteiger partial charge in [0.25, 0.3) is 0 Å². The highest BCUT2D eigenvalue weighted by Gasteiger charge is 2.35.